The summed E-state index contributed by atoms with van der Waals surface area (Å²) in [6, 6.07) is 0.0728. The summed E-state index contributed by atoms with van der Waals surface area (Å²) < 4.78 is 27.1. The fraction of sp³-hybridized carbons (Fsp3) is 0.769. The van der Waals surface area contributed by atoms with Crippen LogP contribution < -0.4 is 5.73 Å². The largest absolute Gasteiger partial charge is 0.325 e. The lowest BCUT2D eigenvalue weighted by Crippen LogP contribution is -2.40. The number of aromatic nitrogens is 2. The zero-order valence-corrected chi connectivity index (χ0v) is 13.2. The van der Waals surface area contributed by atoms with Crippen molar-refractivity contribution in [3.63, 3.8) is 0 Å². The van der Waals surface area contributed by atoms with Gasteiger partial charge in [-0.2, -0.15) is 9.40 Å². The minimum absolute atomic E-state index is 0.0728. The lowest BCUT2D eigenvalue weighted by atomic mass is 9.87. The second-order valence-corrected chi connectivity index (χ2v) is 7.71. The molecule has 0 aromatic carbocycles. The Hall–Kier alpha value is -0.920. The molecule has 0 amide bonds. The number of nitrogens with two attached hydrogens (primary N) is 1. The van der Waals surface area contributed by atoms with E-state index < -0.39 is 10.0 Å². The van der Waals surface area contributed by atoms with Crippen LogP contribution in [0.4, 0.5) is 0 Å². The van der Waals surface area contributed by atoms with Gasteiger partial charge < -0.3 is 5.73 Å². The summed E-state index contributed by atoms with van der Waals surface area (Å²) in [5.74, 6) is 0.575. The van der Waals surface area contributed by atoms with Crippen LogP contribution in [-0.2, 0) is 16.6 Å². The third-order valence-electron chi connectivity index (χ3n) is 4.21. The molecule has 1 aromatic heterocycles. The van der Waals surface area contributed by atoms with E-state index in [1.54, 1.807) is 14.0 Å². The summed E-state index contributed by atoms with van der Waals surface area (Å²) in [4.78, 5) is 0.251. The Labute approximate surface area is 120 Å². The zero-order valence-electron chi connectivity index (χ0n) is 12.4. The van der Waals surface area contributed by atoms with Crippen molar-refractivity contribution in [2.75, 3.05) is 7.05 Å². The normalized spacial score (nSPS) is 24.2. The first kappa shape index (κ1) is 15.5. The fourth-order valence-electron chi connectivity index (χ4n) is 3.02. The molecule has 1 fully saturated rings. The number of sulfonamides is 1. The summed E-state index contributed by atoms with van der Waals surface area (Å²) in [6.07, 6.45) is 4.11. The van der Waals surface area contributed by atoms with E-state index >= 15 is 0 Å². The van der Waals surface area contributed by atoms with Crippen molar-refractivity contribution < 1.29 is 8.42 Å². The molecule has 0 saturated heterocycles. The summed E-state index contributed by atoms with van der Waals surface area (Å²) in [7, 11) is -1.86. The van der Waals surface area contributed by atoms with E-state index in [4.69, 9.17) is 5.73 Å². The Morgan fingerprint density at radius 1 is 1.45 bits per heavy atom. The van der Waals surface area contributed by atoms with Crippen LogP contribution in [-0.4, -0.2) is 36.0 Å². The Bertz CT molecular complexity index is 567. The molecule has 1 heterocycles. The number of nitrogens with one attached hydrogen (secondary N) is 1. The number of hydrogen-bond acceptors (Lipinski definition) is 4. The average molecular weight is 300 g/mol. The number of aryl methyl sites for hydroxylation is 1. The van der Waals surface area contributed by atoms with Crippen molar-refractivity contribution in [1.29, 1.82) is 0 Å². The quantitative estimate of drug-likeness (QED) is 0.878. The van der Waals surface area contributed by atoms with Gasteiger partial charge in [0.25, 0.3) is 0 Å². The van der Waals surface area contributed by atoms with Crippen molar-refractivity contribution in [2.24, 2.45) is 11.7 Å². The van der Waals surface area contributed by atoms with E-state index in [-0.39, 0.29) is 17.5 Å². The first-order chi connectivity index (χ1) is 9.37. The molecular weight excluding hydrogens is 276 g/mol. The second-order valence-electron chi connectivity index (χ2n) is 5.78. The third-order valence-corrected chi connectivity index (χ3v) is 6.33. The smallest absolute Gasteiger partial charge is 0.246 e. The molecule has 0 spiro atoms. The van der Waals surface area contributed by atoms with Crippen LogP contribution in [0.25, 0.3) is 0 Å². The molecule has 114 valence electrons. The van der Waals surface area contributed by atoms with Crippen LogP contribution >= 0.6 is 0 Å². The molecule has 0 radical (unpaired) electrons. The topological polar surface area (TPSA) is 92.1 Å². The number of nitrogens with zero attached hydrogens (tertiary/aromatic N) is 2. The van der Waals surface area contributed by atoms with Crippen molar-refractivity contribution in [1.82, 2.24) is 14.5 Å². The summed E-state index contributed by atoms with van der Waals surface area (Å²) >= 11 is 0. The third kappa shape index (κ3) is 2.75. The zero-order chi connectivity index (χ0) is 14.9. The van der Waals surface area contributed by atoms with Gasteiger partial charge in [-0.25, -0.2) is 8.42 Å². The van der Waals surface area contributed by atoms with Crippen LogP contribution in [0.5, 0.6) is 0 Å². The van der Waals surface area contributed by atoms with Gasteiger partial charge in [0.1, 0.15) is 4.90 Å². The van der Waals surface area contributed by atoms with Crippen LogP contribution in [0, 0.1) is 12.8 Å². The SMILES string of the molecule is Cc1[nH]nc(CN)c1S(=O)(=O)N(C)C1CCCC(C)C1. The Morgan fingerprint density at radius 3 is 2.75 bits per heavy atom. The van der Waals surface area contributed by atoms with E-state index in [2.05, 4.69) is 17.1 Å². The van der Waals surface area contributed by atoms with Gasteiger partial charge in [0, 0.05) is 19.6 Å². The van der Waals surface area contributed by atoms with E-state index in [1.807, 2.05) is 0 Å². The maximum Gasteiger partial charge on any atom is 0.246 e. The van der Waals surface area contributed by atoms with Crippen molar-refractivity contribution in [2.45, 2.75) is 57.0 Å². The maximum absolute atomic E-state index is 12.8. The van der Waals surface area contributed by atoms with Gasteiger partial charge in [-0.05, 0) is 25.7 Å². The van der Waals surface area contributed by atoms with Gasteiger partial charge in [0.2, 0.25) is 10.0 Å². The summed E-state index contributed by atoms with van der Waals surface area (Å²) in [5.41, 5.74) is 6.57. The van der Waals surface area contributed by atoms with E-state index in [1.165, 1.54) is 10.7 Å². The molecule has 0 aliphatic heterocycles. The second kappa shape index (κ2) is 5.83. The van der Waals surface area contributed by atoms with Crippen molar-refractivity contribution in [3.05, 3.63) is 11.4 Å². The molecule has 7 heteroatoms. The van der Waals surface area contributed by atoms with Crippen LogP contribution in [0.2, 0.25) is 0 Å². The molecule has 3 N–H and O–H groups in total. The minimum Gasteiger partial charge on any atom is -0.325 e. The lowest BCUT2D eigenvalue weighted by molar-refractivity contribution is 0.239. The number of hydrogen-bond donors (Lipinski definition) is 2. The molecular formula is C13H24N4O2S. The molecule has 1 aromatic rings. The highest BCUT2D eigenvalue weighted by Gasteiger charge is 2.34. The predicted octanol–water partition coefficient (Wildman–Crippen LogP) is 1.38. The van der Waals surface area contributed by atoms with Gasteiger partial charge in [-0.3, -0.25) is 5.10 Å². The highest BCUT2D eigenvalue weighted by molar-refractivity contribution is 7.89. The van der Waals surface area contributed by atoms with Crippen molar-refractivity contribution in [3.8, 4) is 0 Å². The minimum atomic E-state index is -3.53. The van der Waals surface area contributed by atoms with Crippen LogP contribution in [0.1, 0.15) is 44.0 Å². The van der Waals surface area contributed by atoms with Gasteiger partial charge in [-0.15, -0.1) is 0 Å². The molecule has 20 heavy (non-hydrogen) atoms. The molecule has 2 atom stereocenters. The van der Waals surface area contributed by atoms with Gasteiger partial charge in [-0.1, -0.05) is 19.8 Å². The van der Waals surface area contributed by atoms with E-state index in [0.29, 0.717) is 17.3 Å². The fourth-order valence-corrected chi connectivity index (χ4v) is 4.75. The molecule has 6 nitrogen and oxygen atoms in total. The highest BCUT2D eigenvalue weighted by Crippen LogP contribution is 2.31. The first-order valence-corrected chi connectivity index (χ1v) is 8.53. The average Bonchev–Trinajstić information content (AvgIpc) is 2.79. The van der Waals surface area contributed by atoms with E-state index in [0.717, 1.165) is 19.3 Å². The first-order valence-electron chi connectivity index (χ1n) is 7.09. The maximum atomic E-state index is 12.8. The number of rotatable bonds is 4. The van der Waals surface area contributed by atoms with Gasteiger partial charge in [0.05, 0.1) is 11.4 Å². The molecule has 1 saturated carbocycles. The van der Waals surface area contributed by atoms with Gasteiger partial charge in [0.15, 0.2) is 0 Å². The van der Waals surface area contributed by atoms with Gasteiger partial charge >= 0.3 is 0 Å². The Morgan fingerprint density at radius 2 is 2.15 bits per heavy atom. The summed E-state index contributed by atoms with van der Waals surface area (Å²) in [6.45, 7) is 4.02. The van der Waals surface area contributed by atoms with Crippen LogP contribution in [0.3, 0.4) is 0 Å². The molecule has 2 unspecified atom stereocenters. The monoisotopic (exact) mass is 300 g/mol. The van der Waals surface area contributed by atoms with E-state index in [9.17, 15) is 8.42 Å². The van der Waals surface area contributed by atoms with Crippen molar-refractivity contribution >= 4 is 10.0 Å². The molecule has 1 aliphatic carbocycles. The highest BCUT2D eigenvalue weighted by atomic mass is 32.2. The standard InChI is InChI=1S/C13H24N4O2S/c1-9-5-4-6-11(7-9)17(3)20(18,19)13-10(2)15-16-12(13)8-14/h9,11H,4-8,14H2,1-3H3,(H,15,16). The molecule has 1 aliphatic rings. The number of aromatic amines is 1. The lowest BCUT2D eigenvalue weighted by Gasteiger charge is -2.33. The predicted molar refractivity (Wildman–Crippen MR) is 77.6 cm³/mol. The Kier molecular flexibility index (Phi) is 4.51. The molecule has 0 bridgehead atoms. The number of H-pyrrole nitrogens is 1. The summed E-state index contributed by atoms with van der Waals surface area (Å²) in [5, 5.41) is 6.71. The van der Waals surface area contributed by atoms with Crippen LogP contribution in [0.15, 0.2) is 4.90 Å². The Balaban J connectivity index is 2.31. The molecule has 2 rings (SSSR count).